The molecule has 2 rings (SSSR count). The van der Waals surface area contributed by atoms with E-state index in [4.69, 9.17) is 0 Å². The van der Waals surface area contributed by atoms with E-state index in [1.807, 2.05) is 13.8 Å². The van der Waals surface area contributed by atoms with Gasteiger partial charge in [-0.05, 0) is 33.9 Å². The Bertz CT molecular complexity index is 216. The van der Waals surface area contributed by atoms with Crippen LogP contribution in [0.3, 0.4) is 0 Å². The highest BCUT2D eigenvalue weighted by Crippen LogP contribution is 2.38. The highest BCUT2D eigenvalue weighted by molar-refractivity contribution is 5.00. The highest BCUT2D eigenvalue weighted by Gasteiger charge is 2.46. The molecule has 0 bridgehead atoms. The fraction of sp³-hybridized carbons (Fsp3) is 1.00. The van der Waals surface area contributed by atoms with Crippen molar-refractivity contribution in [2.24, 2.45) is 5.41 Å². The third-order valence-corrected chi connectivity index (χ3v) is 3.34. The number of hydrogen-bond acceptors (Lipinski definition) is 3. The molecule has 2 fully saturated rings. The third kappa shape index (κ3) is 2.10. The van der Waals surface area contributed by atoms with Crippen LogP contribution in [0.25, 0.3) is 0 Å². The fourth-order valence-electron chi connectivity index (χ4n) is 3.07. The Labute approximate surface area is 86.7 Å². The molecule has 3 nitrogen and oxygen atoms in total. The molecule has 0 aromatic rings. The molecule has 0 unspecified atom stereocenters. The van der Waals surface area contributed by atoms with Crippen molar-refractivity contribution >= 4 is 0 Å². The van der Waals surface area contributed by atoms with Crippen LogP contribution in [0.5, 0.6) is 0 Å². The summed E-state index contributed by atoms with van der Waals surface area (Å²) in [5.74, 6) is 0. The second kappa shape index (κ2) is 3.19. The Morgan fingerprint density at radius 1 is 1.29 bits per heavy atom. The second-order valence-corrected chi connectivity index (χ2v) is 5.95. The Morgan fingerprint density at radius 3 is 2.43 bits per heavy atom. The van der Waals surface area contributed by atoms with Crippen LogP contribution >= 0.6 is 0 Å². The predicted octanol–water partition coefficient (Wildman–Crippen LogP) is 0.395. The van der Waals surface area contributed by atoms with Gasteiger partial charge in [0.1, 0.15) is 0 Å². The molecule has 0 atom stereocenters. The van der Waals surface area contributed by atoms with Gasteiger partial charge in [0.25, 0.3) is 0 Å². The Balaban J connectivity index is 1.84. The molecule has 2 saturated heterocycles. The van der Waals surface area contributed by atoms with Crippen LogP contribution in [0.15, 0.2) is 0 Å². The van der Waals surface area contributed by atoms with Gasteiger partial charge in [-0.3, -0.25) is 4.90 Å². The minimum Gasteiger partial charge on any atom is -0.389 e. The molecule has 0 aromatic heterocycles. The minimum atomic E-state index is -0.540. The quantitative estimate of drug-likeness (QED) is 0.695. The summed E-state index contributed by atoms with van der Waals surface area (Å²) in [6, 6.07) is 0. The molecule has 14 heavy (non-hydrogen) atoms. The lowest BCUT2D eigenvalue weighted by molar-refractivity contribution is 0.0108. The average molecular weight is 198 g/mol. The molecular formula is C11H22N2O. The molecule has 3 heteroatoms. The van der Waals surface area contributed by atoms with Gasteiger partial charge in [0.15, 0.2) is 0 Å². The van der Waals surface area contributed by atoms with Crippen molar-refractivity contribution in [2.75, 3.05) is 39.8 Å². The van der Waals surface area contributed by atoms with Crippen LogP contribution in [0.1, 0.15) is 20.3 Å². The zero-order valence-electron chi connectivity index (χ0n) is 9.58. The monoisotopic (exact) mass is 198 g/mol. The van der Waals surface area contributed by atoms with Gasteiger partial charge in [-0.2, -0.15) is 0 Å². The molecule has 0 aromatic carbocycles. The van der Waals surface area contributed by atoms with E-state index in [0.29, 0.717) is 5.41 Å². The van der Waals surface area contributed by atoms with E-state index in [1.165, 1.54) is 26.1 Å². The van der Waals surface area contributed by atoms with Crippen LogP contribution in [0.4, 0.5) is 0 Å². The number of hydrogen-bond donors (Lipinski definition) is 1. The van der Waals surface area contributed by atoms with Gasteiger partial charge in [-0.25, -0.2) is 0 Å². The Hall–Kier alpha value is -0.120. The number of β-amino-alcohol motifs (C(OH)–C–C–N with tert-alkyl or cyclic N) is 1. The molecule has 2 heterocycles. The van der Waals surface area contributed by atoms with Crippen LogP contribution in [-0.2, 0) is 0 Å². The van der Waals surface area contributed by atoms with Gasteiger partial charge in [0.05, 0.1) is 5.60 Å². The highest BCUT2D eigenvalue weighted by atomic mass is 16.3. The van der Waals surface area contributed by atoms with Crippen LogP contribution in [-0.4, -0.2) is 60.3 Å². The maximum absolute atomic E-state index is 9.74. The first-order valence-corrected chi connectivity index (χ1v) is 5.52. The van der Waals surface area contributed by atoms with E-state index in [1.54, 1.807) is 0 Å². The SMILES string of the molecule is CN1CC2(CCN(CC(C)(C)O)C2)C1. The standard InChI is InChI=1S/C11H22N2O/c1-10(2,14)6-13-5-4-11(9-13)7-12(3)8-11/h14H,4-9H2,1-3H3. The predicted molar refractivity (Wildman–Crippen MR) is 57.3 cm³/mol. The molecule has 2 aliphatic heterocycles. The van der Waals surface area contributed by atoms with Crippen molar-refractivity contribution in [2.45, 2.75) is 25.9 Å². The summed E-state index contributed by atoms with van der Waals surface area (Å²) in [4.78, 5) is 4.79. The summed E-state index contributed by atoms with van der Waals surface area (Å²) >= 11 is 0. The summed E-state index contributed by atoms with van der Waals surface area (Å²) in [6.07, 6.45) is 1.31. The molecule has 82 valence electrons. The summed E-state index contributed by atoms with van der Waals surface area (Å²) in [7, 11) is 2.18. The lowest BCUT2D eigenvalue weighted by atomic mass is 9.79. The molecule has 0 amide bonds. The van der Waals surface area contributed by atoms with E-state index in [-0.39, 0.29) is 0 Å². The van der Waals surface area contributed by atoms with E-state index in [2.05, 4.69) is 16.8 Å². The van der Waals surface area contributed by atoms with Crippen molar-refractivity contribution in [3.8, 4) is 0 Å². The number of rotatable bonds is 2. The van der Waals surface area contributed by atoms with E-state index >= 15 is 0 Å². The Morgan fingerprint density at radius 2 is 1.93 bits per heavy atom. The van der Waals surface area contributed by atoms with Gasteiger partial charge < -0.3 is 10.0 Å². The lowest BCUT2D eigenvalue weighted by Crippen LogP contribution is -2.55. The first kappa shape index (κ1) is 10.4. The summed E-state index contributed by atoms with van der Waals surface area (Å²) in [5, 5.41) is 9.74. The van der Waals surface area contributed by atoms with E-state index < -0.39 is 5.60 Å². The Kier molecular flexibility index (Phi) is 2.37. The van der Waals surface area contributed by atoms with Gasteiger partial charge in [-0.15, -0.1) is 0 Å². The molecule has 2 aliphatic rings. The maximum atomic E-state index is 9.74. The molecule has 0 radical (unpaired) electrons. The van der Waals surface area contributed by atoms with E-state index in [9.17, 15) is 5.11 Å². The maximum Gasteiger partial charge on any atom is 0.0718 e. The molecule has 0 aliphatic carbocycles. The molecule has 0 saturated carbocycles. The zero-order valence-corrected chi connectivity index (χ0v) is 9.58. The fourth-order valence-corrected chi connectivity index (χ4v) is 3.07. The van der Waals surface area contributed by atoms with Gasteiger partial charge in [-0.1, -0.05) is 0 Å². The zero-order chi connectivity index (χ0) is 10.4. The smallest absolute Gasteiger partial charge is 0.0718 e. The minimum absolute atomic E-state index is 0.540. The van der Waals surface area contributed by atoms with Crippen molar-refractivity contribution < 1.29 is 5.11 Å². The van der Waals surface area contributed by atoms with Gasteiger partial charge >= 0.3 is 0 Å². The first-order valence-electron chi connectivity index (χ1n) is 5.52. The summed E-state index contributed by atoms with van der Waals surface area (Å²) in [5.41, 5.74) is 0.0289. The first-order chi connectivity index (χ1) is 6.39. The van der Waals surface area contributed by atoms with Gasteiger partial charge in [0, 0.05) is 31.6 Å². The number of nitrogens with zero attached hydrogens (tertiary/aromatic N) is 2. The normalized spacial score (nSPS) is 28.3. The number of aliphatic hydroxyl groups is 1. The van der Waals surface area contributed by atoms with Crippen molar-refractivity contribution in [1.29, 1.82) is 0 Å². The largest absolute Gasteiger partial charge is 0.389 e. The number of likely N-dealkylation sites (tertiary alicyclic amines) is 2. The second-order valence-electron chi connectivity index (χ2n) is 5.95. The van der Waals surface area contributed by atoms with Crippen LogP contribution in [0.2, 0.25) is 0 Å². The van der Waals surface area contributed by atoms with Crippen LogP contribution < -0.4 is 0 Å². The lowest BCUT2D eigenvalue weighted by Gasteiger charge is -2.46. The summed E-state index contributed by atoms with van der Waals surface area (Å²) in [6.45, 7) is 9.44. The average Bonchev–Trinajstić information content (AvgIpc) is 2.27. The molecular weight excluding hydrogens is 176 g/mol. The topological polar surface area (TPSA) is 26.7 Å². The van der Waals surface area contributed by atoms with E-state index in [0.717, 1.165) is 13.1 Å². The van der Waals surface area contributed by atoms with Crippen molar-refractivity contribution in [3.05, 3.63) is 0 Å². The molecule has 1 spiro atoms. The van der Waals surface area contributed by atoms with Crippen molar-refractivity contribution in [3.63, 3.8) is 0 Å². The summed E-state index contributed by atoms with van der Waals surface area (Å²) < 4.78 is 0. The van der Waals surface area contributed by atoms with Crippen molar-refractivity contribution in [1.82, 2.24) is 9.80 Å². The third-order valence-electron chi connectivity index (χ3n) is 3.34. The van der Waals surface area contributed by atoms with Crippen LogP contribution in [0, 0.1) is 5.41 Å². The molecule has 1 N–H and O–H groups in total. The van der Waals surface area contributed by atoms with Gasteiger partial charge in [0.2, 0.25) is 0 Å².